The van der Waals surface area contributed by atoms with Crippen LogP contribution in [0.1, 0.15) is 0 Å². The molecule has 0 saturated carbocycles. The zero-order valence-corrected chi connectivity index (χ0v) is 7.23. The molecule has 0 atom stereocenters. The van der Waals surface area contributed by atoms with E-state index in [0.29, 0.717) is 0 Å². The first-order valence-corrected chi connectivity index (χ1v) is 5.94. The minimum Gasteiger partial charge on any atom is -0.315 e. The van der Waals surface area contributed by atoms with Crippen molar-refractivity contribution in [3.63, 3.8) is 0 Å². The summed E-state index contributed by atoms with van der Waals surface area (Å²) in [4.78, 5) is 0. The SMILES string of the molecule is CP(C)(=N)c1ccccc1. The van der Waals surface area contributed by atoms with Crippen LogP contribution < -0.4 is 5.30 Å². The molecule has 1 nitrogen and oxygen atoms in total. The van der Waals surface area contributed by atoms with E-state index in [2.05, 4.69) is 0 Å². The molecule has 0 aromatic heterocycles. The molecule has 0 amide bonds. The van der Waals surface area contributed by atoms with Gasteiger partial charge in [0.15, 0.2) is 0 Å². The van der Waals surface area contributed by atoms with Gasteiger partial charge in [0.1, 0.15) is 0 Å². The normalized spacial score (nSPS) is 11.4. The molecule has 0 bridgehead atoms. The van der Waals surface area contributed by atoms with Gasteiger partial charge in [0.2, 0.25) is 0 Å². The van der Waals surface area contributed by atoms with Crippen LogP contribution in [0.25, 0.3) is 0 Å². The third-order valence-corrected chi connectivity index (χ3v) is 2.99. The quantitative estimate of drug-likeness (QED) is 0.599. The fourth-order valence-electron chi connectivity index (χ4n) is 0.801. The molecule has 1 aromatic rings. The summed E-state index contributed by atoms with van der Waals surface area (Å²) in [5.74, 6) is 0. The van der Waals surface area contributed by atoms with Crippen LogP contribution in [-0.2, 0) is 0 Å². The first-order valence-electron chi connectivity index (χ1n) is 3.25. The average molecular weight is 153 g/mol. The van der Waals surface area contributed by atoms with Gasteiger partial charge in [-0.1, -0.05) is 30.3 Å². The van der Waals surface area contributed by atoms with E-state index in [1.54, 1.807) is 0 Å². The summed E-state index contributed by atoms with van der Waals surface area (Å²) in [5.41, 5.74) is 0. The second kappa shape index (κ2) is 2.59. The first kappa shape index (κ1) is 7.56. The van der Waals surface area contributed by atoms with Crippen molar-refractivity contribution >= 4 is 12.4 Å². The predicted molar refractivity (Wildman–Crippen MR) is 47.6 cm³/mol. The van der Waals surface area contributed by atoms with Gasteiger partial charge in [-0.15, -0.1) is 0 Å². The molecule has 0 aliphatic heterocycles. The van der Waals surface area contributed by atoms with Gasteiger partial charge in [0.25, 0.3) is 0 Å². The summed E-state index contributed by atoms with van der Waals surface area (Å²) in [6.07, 6.45) is 0. The van der Waals surface area contributed by atoms with Crippen LogP contribution in [0.3, 0.4) is 0 Å². The number of rotatable bonds is 1. The fourth-order valence-corrected chi connectivity index (χ4v) is 1.72. The summed E-state index contributed by atoms with van der Waals surface area (Å²) in [5, 5.41) is 8.96. The van der Waals surface area contributed by atoms with Crippen LogP contribution >= 0.6 is 7.05 Å². The Balaban J connectivity index is 3.09. The highest BCUT2D eigenvalue weighted by molar-refractivity contribution is 7.71. The van der Waals surface area contributed by atoms with Crippen molar-refractivity contribution in [1.82, 2.24) is 0 Å². The van der Waals surface area contributed by atoms with E-state index < -0.39 is 7.05 Å². The van der Waals surface area contributed by atoms with Gasteiger partial charge in [0.05, 0.1) is 0 Å². The van der Waals surface area contributed by atoms with Gasteiger partial charge in [-0.2, -0.15) is 0 Å². The number of benzene rings is 1. The molecule has 0 radical (unpaired) electrons. The van der Waals surface area contributed by atoms with Crippen LogP contribution in [0.5, 0.6) is 0 Å². The average Bonchev–Trinajstić information content (AvgIpc) is 1.88. The summed E-state index contributed by atoms with van der Waals surface area (Å²) in [6, 6.07) is 10.0. The molecule has 0 unspecified atom stereocenters. The molecular formula is C8H12NP. The number of hydrogen-bond acceptors (Lipinski definition) is 1. The van der Waals surface area contributed by atoms with Crippen molar-refractivity contribution in [3.8, 4) is 0 Å². The Morgan fingerprint density at radius 2 is 1.60 bits per heavy atom. The van der Waals surface area contributed by atoms with E-state index >= 15 is 0 Å². The Bertz CT molecular complexity index is 247. The summed E-state index contributed by atoms with van der Waals surface area (Å²) in [6.45, 7) is 4.00. The maximum Gasteiger partial charge on any atom is -0.00866 e. The van der Waals surface area contributed by atoms with Gasteiger partial charge in [0, 0.05) is 0 Å². The summed E-state index contributed by atoms with van der Waals surface area (Å²) < 4.78 is 0. The molecule has 0 aliphatic rings. The second-order valence-electron chi connectivity index (χ2n) is 2.79. The highest BCUT2D eigenvalue weighted by atomic mass is 31.2. The third-order valence-electron chi connectivity index (χ3n) is 1.40. The highest BCUT2D eigenvalue weighted by Gasteiger charge is 2.02. The van der Waals surface area contributed by atoms with Crippen molar-refractivity contribution < 1.29 is 0 Å². The lowest BCUT2D eigenvalue weighted by molar-refractivity contribution is 1.58. The van der Waals surface area contributed by atoms with Crippen molar-refractivity contribution in [2.45, 2.75) is 0 Å². The molecule has 54 valence electrons. The minimum atomic E-state index is -1.52. The van der Waals surface area contributed by atoms with Crippen molar-refractivity contribution in [2.24, 2.45) is 0 Å². The lowest BCUT2D eigenvalue weighted by atomic mass is 10.4. The summed E-state index contributed by atoms with van der Waals surface area (Å²) in [7, 11) is -1.52. The van der Waals surface area contributed by atoms with Crippen LogP contribution in [0.4, 0.5) is 0 Å². The highest BCUT2D eigenvalue weighted by Crippen LogP contribution is 2.34. The Hall–Kier alpha value is -0.550. The van der Waals surface area contributed by atoms with Crippen LogP contribution in [0, 0.1) is 5.16 Å². The van der Waals surface area contributed by atoms with Crippen LogP contribution in [0.2, 0.25) is 0 Å². The predicted octanol–water partition coefficient (Wildman–Crippen LogP) is 2.35. The first-order chi connectivity index (χ1) is 4.61. The molecule has 10 heavy (non-hydrogen) atoms. The smallest absolute Gasteiger partial charge is 0.00866 e. The van der Waals surface area contributed by atoms with Gasteiger partial charge >= 0.3 is 0 Å². The Morgan fingerprint density at radius 1 is 1.10 bits per heavy atom. The fraction of sp³-hybridized carbons (Fsp3) is 0.250. The lowest BCUT2D eigenvalue weighted by Gasteiger charge is -2.08. The van der Waals surface area contributed by atoms with Crippen molar-refractivity contribution in [3.05, 3.63) is 30.3 Å². The Kier molecular flexibility index (Phi) is 1.96. The largest absolute Gasteiger partial charge is 0.315 e. The minimum absolute atomic E-state index is 1.18. The van der Waals surface area contributed by atoms with E-state index in [9.17, 15) is 0 Å². The molecule has 2 heteroatoms. The maximum atomic E-state index is 7.78. The van der Waals surface area contributed by atoms with E-state index in [4.69, 9.17) is 5.16 Å². The molecule has 0 fully saturated rings. The zero-order valence-electron chi connectivity index (χ0n) is 6.33. The Labute approximate surface area is 61.9 Å². The van der Waals surface area contributed by atoms with Gasteiger partial charge in [-0.05, 0) is 25.7 Å². The molecule has 1 rings (SSSR count). The lowest BCUT2D eigenvalue weighted by Crippen LogP contribution is -1.99. The zero-order chi connectivity index (χ0) is 7.61. The second-order valence-corrected chi connectivity index (χ2v) is 6.21. The number of nitrogens with one attached hydrogen (secondary N) is 1. The molecule has 1 aromatic carbocycles. The van der Waals surface area contributed by atoms with Gasteiger partial charge in [-0.25, -0.2) is 0 Å². The number of hydrogen-bond donors (Lipinski definition) is 1. The van der Waals surface area contributed by atoms with Gasteiger partial charge < -0.3 is 5.16 Å². The standard InChI is InChI=1S/C8H12NP/c1-10(2,9)8-6-4-3-5-7-8/h3-7,9H,1-2H3. The Morgan fingerprint density at radius 3 is 1.90 bits per heavy atom. The van der Waals surface area contributed by atoms with Crippen LogP contribution in [0.15, 0.2) is 30.3 Å². The van der Waals surface area contributed by atoms with Crippen molar-refractivity contribution in [2.75, 3.05) is 13.3 Å². The molecule has 0 spiro atoms. The van der Waals surface area contributed by atoms with E-state index in [1.807, 2.05) is 43.7 Å². The van der Waals surface area contributed by atoms with E-state index in [1.165, 1.54) is 5.30 Å². The molecule has 0 aliphatic carbocycles. The van der Waals surface area contributed by atoms with E-state index in [-0.39, 0.29) is 0 Å². The molecule has 1 N–H and O–H groups in total. The van der Waals surface area contributed by atoms with Crippen molar-refractivity contribution in [1.29, 1.82) is 5.16 Å². The molecular weight excluding hydrogens is 141 g/mol. The maximum absolute atomic E-state index is 7.78. The molecule has 0 heterocycles. The van der Waals surface area contributed by atoms with E-state index in [0.717, 1.165) is 0 Å². The monoisotopic (exact) mass is 153 g/mol. The molecule has 0 saturated heterocycles. The summed E-state index contributed by atoms with van der Waals surface area (Å²) >= 11 is 0. The van der Waals surface area contributed by atoms with Crippen LogP contribution in [-0.4, -0.2) is 13.3 Å². The van der Waals surface area contributed by atoms with Gasteiger partial charge in [-0.3, -0.25) is 0 Å². The third kappa shape index (κ3) is 1.71. The topological polar surface area (TPSA) is 23.9 Å².